The van der Waals surface area contributed by atoms with Crippen LogP contribution in [0, 0.1) is 0 Å². The molecule has 90 valence electrons. The Bertz CT molecular complexity index is 508. The van der Waals surface area contributed by atoms with Crippen LogP contribution in [-0.2, 0) is 13.1 Å². The summed E-state index contributed by atoms with van der Waals surface area (Å²) < 4.78 is 1.88. The second kappa shape index (κ2) is 5.54. The van der Waals surface area contributed by atoms with Gasteiger partial charge in [-0.05, 0) is 24.7 Å². The van der Waals surface area contributed by atoms with Crippen LogP contribution in [0.4, 0.5) is 0 Å². The van der Waals surface area contributed by atoms with Crippen molar-refractivity contribution in [1.82, 2.24) is 15.1 Å². The lowest BCUT2D eigenvalue weighted by Gasteiger charge is -2.03. The number of aromatic nitrogens is 2. The molecule has 0 amide bonds. The van der Waals surface area contributed by atoms with Gasteiger partial charge in [0.05, 0.1) is 22.8 Å². The Morgan fingerprint density at radius 3 is 2.76 bits per heavy atom. The van der Waals surface area contributed by atoms with E-state index in [1.807, 2.05) is 36.3 Å². The molecule has 2 rings (SSSR count). The molecule has 17 heavy (non-hydrogen) atoms. The van der Waals surface area contributed by atoms with E-state index in [9.17, 15) is 0 Å². The summed E-state index contributed by atoms with van der Waals surface area (Å²) in [6, 6.07) is 5.62. The van der Waals surface area contributed by atoms with Gasteiger partial charge in [-0.25, -0.2) is 0 Å². The van der Waals surface area contributed by atoms with Gasteiger partial charge in [0, 0.05) is 18.3 Å². The van der Waals surface area contributed by atoms with Crippen LogP contribution in [0.1, 0.15) is 11.1 Å². The van der Waals surface area contributed by atoms with E-state index in [-0.39, 0.29) is 0 Å². The molecule has 0 fully saturated rings. The highest BCUT2D eigenvalue weighted by molar-refractivity contribution is 6.42. The molecule has 1 aromatic carbocycles. The summed E-state index contributed by atoms with van der Waals surface area (Å²) in [6.45, 7) is 1.52. The zero-order valence-electron chi connectivity index (χ0n) is 9.45. The van der Waals surface area contributed by atoms with E-state index in [0.717, 1.165) is 17.7 Å². The van der Waals surface area contributed by atoms with Crippen LogP contribution < -0.4 is 5.32 Å². The Kier molecular flexibility index (Phi) is 4.05. The van der Waals surface area contributed by atoms with E-state index >= 15 is 0 Å². The number of halogens is 2. The monoisotopic (exact) mass is 269 g/mol. The number of hydrogen-bond donors (Lipinski definition) is 1. The van der Waals surface area contributed by atoms with Gasteiger partial charge in [0.15, 0.2) is 0 Å². The second-order valence-electron chi connectivity index (χ2n) is 3.82. The molecule has 0 aliphatic heterocycles. The van der Waals surface area contributed by atoms with Gasteiger partial charge in [-0.1, -0.05) is 29.3 Å². The van der Waals surface area contributed by atoms with E-state index < -0.39 is 0 Å². The molecule has 0 unspecified atom stereocenters. The fraction of sp³-hybridized carbons (Fsp3) is 0.250. The first-order valence-corrected chi connectivity index (χ1v) is 6.04. The topological polar surface area (TPSA) is 29.9 Å². The summed E-state index contributed by atoms with van der Waals surface area (Å²) in [7, 11) is 1.91. The molecule has 5 heteroatoms. The predicted octanol–water partition coefficient (Wildman–Crippen LogP) is 2.96. The van der Waals surface area contributed by atoms with E-state index in [4.69, 9.17) is 23.2 Å². The van der Waals surface area contributed by atoms with E-state index in [1.165, 1.54) is 0 Å². The molecule has 3 nitrogen and oxygen atoms in total. The first kappa shape index (κ1) is 12.4. The van der Waals surface area contributed by atoms with Crippen molar-refractivity contribution in [3.63, 3.8) is 0 Å². The molecule has 0 bridgehead atoms. The zero-order chi connectivity index (χ0) is 12.3. The molecule has 0 aliphatic rings. The van der Waals surface area contributed by atoms with Crippen molar-refractivity contribution in [3.05, 3.63) is 51.8 Å². The summed E-state index contributed by atoms with van der Waals surface area (Å²) in [5.41, 5.74) is 2.24. The normalized spacial score (nSPS) is 10.8. The van der Waals surface area contributed by atoms with Crippen LogP contribution in [0.15, 0.2) is 30.6 Å². The number of hydrogen-bond acceptors (Lipinski definition) is 2. The van der Waals surface area contributed by atoms with Gasteiger partial charge in [-0.2, -0.15) is 5.10 Å². The minimum atomic E-state index is 0.576. The van der Waals surface area contributed by atoms with Crippen LogP contribution >= 0.6 is 23.2 Å². The molecule has 0 aliphatic carbocycles. The fourth-order valence-corrected chi connectivity index (χ4v) is 1.93. The standard InChI is InChI=1S/C12H13Cl2N3/c1-15-5-10-6-16-17(8-10)7-9-2-3-11(13)12(14)4-9/h2-4,6,8,15H,5,7H2,1H3. The van der Waals surface area contributed by atoms with Crippen molar-refractivity contribution in [2.24, 2.45) is 0 Å². The van der Waals surface area contributed by atoms with Crippen LogP contribution in [0.25, 0.3) is 0 Å². The van der Waals surface area contributed by atoms with Crippen LogP contribution in [0.2, 0.25) is 10.0 Å². The molecule has 0 saturated carbocycles. The highest BCUT2D eigenvalue weighted by atomic mass is 35.5. The summed E-state index contributed by atoms with van der Waals surface area (Å²) in [6.07, 6.45) is 3.87. The SMILES string of the molecule is CNCc1cnn(Cc2ccc(Cl)c(Cl)c2)c1. The van der Waals surface area contributed by atoms with Crippen LogP contribution in [0.5, 0.6) is 0 Å². The highest BCUT2D eigenvalue weighted by Gasteiger charge is 2.02. The van der Waals surface area contributed by atoms with Gasteiger partial charge in [0.25, 0.3) is 0 Å². The summed E-state index contributed by atoms with van der Waals surface area (Å²) in [5, 5.41) is 8.52. The molecule has 1 N–H and O–H groups in total. The predicted molar refractivity (Wildman–Crippen MR) is 70.6 cm³/mol. The number of benzene rings is 1. The van der Waals surface area contributed by atoms with E-state index in [2.05, 4.69) is 10.4 Å². The molecular formula is C12H13Cl2N3. The summed E-state index contributed by atoms with van der Waals surface area (Å²) in [5.74, 6) is 0. The smallest absolute Gasteiger partial charge is 0.0660 e. The third-order valence-corrected chi connectivity index (χ3v) is 3.14. The molecule has 0 saturated heterocycles. The lowest BCUT2D eigenvalue weighted by molar-refractivity contribution is 0.685. The minimum absolute atomic E-state index is 0.576. The van der Waals surface area contributed by atoms with Crippen molar-refractivity contribution >= 4 is 23.2 Å². The third-order valence-electron chi connectivity index (χ3n) is 2.40. The Hall–Kier alpha value is -1.03. The molecule has 1 heterocycles. The molecule has 2 aromatic rings. The maximum Gasteiger partial charge on any atom is 0.0660 e. The Balaban J connectivity index is 2.11. The highest BCUT2D eigenvalue weighted by Crippen LogP contribution is 2.22. The number of rotatable bonds is 4. The minimum Gasteiger partial charge on any atom is -0.316 e. The van der Waals surface area contributed by atoms with Crippen molar-refractivity contribution in [2.75, 3.05) is 7.05 Å². The number of nitrogens with one attached hydrogen (secondary N) is 1. The Morgan fingerprint density at radius 1 is 1.24 bits per heavy atom. The van der Waals surface area contributed by atoms with Gasteiger partial charge in [-0.3, -0.25) is 4.68 Å². The maximum absolute atomic E-state index is 5.96. The fourth-order valence-electron chi connectivity index (χ4n) is 1.61. The van der Waals surface area contributed by atoms with E-state index in [0.29, 0.717) is 16.6 Å². The molecular weight excluding hydrogens is 257 g/mol. The third kappa shape index (κ3) is 3.22. The Morgan fingerprint density at radius 2 is 2.06 bits per heavy atom. The van der Waals surface area contributed by atoms with Crippen molar-refractivity contribution in [3.8, 4) is 0 Å². The van der Waals surface area contributed by atoms with Crippen molar-refractivity contribution in [2.45, 2.75) is 13.1 Å². The lowest BCUT2D eigenvalue weighted by Crippen LogP contribution is -2.04. The largest absolute Gasteiger partial charge is 0.316 e. The van der Waals surface area contributed by atoms with Gasteiger partial charge in [0.2, 0.25) is 0 Å². The van der Waals surface area contributed by atoms with Gasteiger partial charge in [-0.15, -0.1) is 0 Å². The van der Waals surface area contributed by atoms with Gasteiger partial charge in [0.1, 0.15) is 0 Å². The van der Waals surface area contributed by atoms with Gasteiger partial charge >= 0.3 is 0 Å². The molecule has 0 spiro atoms. The molecule has 0 atom stereocenters. The van der Waals surface area contributed by atoms with Crippen LogP contribution in [0.3, 0.4) is 0 Å². The maximum atomic E-state index is 5.96. The summed E-state index contributed by atoms with van der Waals surface area (Å²) in [4.78, 5) is 0. The Labute approximate surface area is 110 Å². The summed E-state index contributed by atoms with van der Waals surface area (Å²) >= 11 is 11.8. The average Bonchev–Trinajstić information content (AvgIpc) is 2.72. The second-order valence-corrected chi connectivity index (χ2v) is 4.64. The van der Waals surface area contributed by atoms with Crippen molar-refractivity contribution in [1.29, 1.82) is 0 Å². The number of nitrogens with zero attached hydrogens (tertiary/aromatic N) is 2. The zero-order valence-corrected chi connectivity index (χ0v) is 11.0. The first-order chi connectivity index (χ1) is 8.19. The molecule has 1 aromatic heterocycles. The molecule has 0 radical (unpaired) electrons. The lowest BCUT2D eigenvalue weighted by atomic mass is 10.2. The van der Waals surface area contributed by atoms with Gasteiger partial charge < -0.3 is 5.32 Å². The quantitative estimate of drug-likeness (QED) is 0.925. The van der Waals surface area contributed by atoms with Crippen LogP contribution in [-0.4, -0.2) is 16.8 Å². The van der Waals surface area contributed by atoms with E-state index in [1.54, 1.807) is 6.07 Å². The first-order valence-electron chi connectivity index (χ1n) is 5.29. The average molecular weight is 270 g/mol. The van der Waals surface area contributed by atoms with Crippen molar-refractivity contribution < 1.29 is 0 Å².